The first kappa shape index (κ1) is 17.3. The maximum atomic E-state index is 12.4. The van der Waals surface area contributed by atoms with Crippen molar-refractivity contribution >= 4 is 17.9 Å². The van der Waals surface area contributed by atoms with Crippen LogP contribution in [0.1, 0.15) is 56.1 Å². The summed E-state index contributed by atoms with van der Waals surface area (Å²) in [6, 6.07) is 7.93. The van der Waals surface area contributed by atoms with Crippen molar-refractivity contribution < 1.29 is 9.59 Å². The summed E-state index contributed by atoms with van der Waals surface area (Å²) in [6.45, 7) is 2.02. The Balaban J connectivity index is 1.27. The number of carbonyl (C=O) groups excluding carboxylic acids is 2. The molecule has 0 spiro atoms. The molecule has 0 heterocycles. The molecule has 0 aromatic heterocycles. The van der Waals surface area contributed by atoms with E-state index in [1.807, 2.05) is 31.2 Å². The first-order chi connectivity index (χ1) is 12.5. The van der Waals surface area contributed by atoms with Gasteiger partial charge < -0.3 is 0 Å². The number of hydrogen-bond acceptors (Lipinski definition) is 2. The molecule has 138 valence electrons. The molecule has 4 bridgehead atoms. The van der Waals surface area contributed by atoms with Crippen LogP contribution in [0, 0.1) is 30.1 Å². The Hall–Kier alpha value is -2.10. The molecule has 4 nitrogen and oxygen atoms in total. The molecule has 0 unspecified atom stereocenters. The Bertz CT molecular complexity index is 702. The quantitative estimate of drug-likeness (QED) is 0.640. The fourth-order valence-corrected chi connectivity index (χ4v) is 6.01. The molecule has 4 aliphatic rings. The predicted octanol–water partition coefficient (Wildman–Crippen LogP) is 3.76. The Kier molecular flexibility index (Phi) is 4.60. The van der Waals surface area contributed by atoms with Crippen LogP contribution in [0.2, 0.25) is 0 Å². The lowest BCUT2D eigenvalue weighted by Gasteiger charge is -2.56. The van der Waals surface area contributed by atoms with Gasteiger partial charge in [-0.2, -0.15) is 0 Å². The van der Waals surface area contributed by atoms with Gasteiger partial charge in [0.25, 0.3) is 5.91 Å². The van der Waals surface area contributed by atoms with Crippen molar-refractivity contribution in [1.82, 2.24) is 10.9 Å². The van der Waals surface area contributed by atoms with Crippen LogP contribution in [0.15, 0.2) is 30.3 Å². The van der Waals surface area contributed by atoms with Gasteiger partial charge >= 0.3 is 0 Å². The van der Waals surface area contributed by atoms with Gasteiger partial charge in [-0.05, 0) is 80.3 Å². The zero-order chi connectivity index (χ0) is 18.1. The van der Waals surface area contributed by atoms with Gasteiger partial charge in [-0.1, -0.05) is 29.8 Å². The number of carbonyl (C=O) groups is 2. The lowest BCUT2D eigenvalue weighted by molar-refractivity contribution is -0.133. The first-order valence-corrected chi connectivity index (χ1v) is 9.83. The fraction of sp³-hybridized carbons (Fsp3) is 0.545. The van der Waals surface area contributed by atoms with Gasteiger partial charge in [0.15, 0.2) is 0 Å². The van der Waals surface area contributed by atoms with Crippen LogP contribution >= 0.6 is 0 Å². The normalized spacial score (nSPS) is 32.0. The molecule has 0 saturated heterocycles. The molecule has 1 aromatic rings. The topological polar surface area (TPSA) is 58.2 Å². The second-order valence-corrected chi connectivity index (χ2v) is 8.88. The minimum absolute atomic E-state index is 0.0516. The molecule has 4 fully saturated rings. The minimum atomic E-state index is -0.301. The highest BCUT2D eigenvalue weighted by Crippen LogP contribution is 2.61. The molecule has 2 amide bonds. The van der Waals surface area contributed by atoms with E-state index < -0.39 is 0 Å². The van der Waals surface area contributed by atoms with Gasteiger partial charge in [0.2, 0.25) is 5.91 Å². The lowest BCUT2D eigenvalue weighted by Crippen LogP contribution is -2.49. The van der Waals surface area contributed by atoms with Crippen LogP contribution in [0.5, 0.6) is 0 Å². The molecular weight excluding hydrogens is 324 g/mol. The third-order valence-electron chi connectivity index (χ3n) is 6.50. The second-order valence-electron chi connectivity index (χ2n) is 8.88. The molecule has 0 aliphatic heterocycles. The number of amides is 2. The Morgan fingerprint density at radius 2 is 1.73 bits per heavy atom. The van der Waals surface area contributed by atoms with Crippen molar-refractivity contribution in [1.29, 1.82) is 0 Å². The standard InChI is InChI=1S/C22H28N2O2/c1-15-3-2-4-16(7-15)5-6-20(25)23-24-21(26)14-22-11-17-8-18(12-22)10-19(9-17)13-22/h2-7,17-19H,8-14H2,1H3,(H,23,25)(H,24,26)/b6-5+. The van der Waals surface area contributed by atoms with Crippen molar-refractivity contribution in [3.05, 3.63) is 41.5 Å². The molecule has 4 heteroatoms. The van der Waals surface area contributed by atoms with Gasteiger partial charge in [-0.15, -0.1) is 0 Å². The highest BCUT2D eigenvalue weighted by molar-refractivity contribution is 5.93. The van der Waals surface area contributed by atoms with E-state index in [1.165, 1.54) is 44.6 Å². The van der Waals surface area contributed by atoms with E-state index in [1.54, 1.807) is 6.08 Å². The Morgan fingerprint density at radius 3 is 2.35 bits per heavy atom. The van der Waals surface area contributed by atoms with Crippen molar-refractivity contribution in [2.45, 2.75) is 51.9 Å². The number of benzene rings is 1. The highest BCUT2D eigenvalue weighted by Gasteiger charge is 2.51. The van der Waals surface area contributed by atoms with Crippen molar-refractivity contribution in [3.8, 4) is 0 Å². The van der Waals surface area contributed by atoms with E-state index in [9.17, 15) is 9.59 Å². The van der Waals surface area contributed by atoms with Gasteiger partial charge in [0.1, 0.15) is 0 Å². The van der Waals surface area contributed by atoms with E-state index in [-0.39, 0.29) is 17.2 Å². The molecule has 4 saturated carbocycles. The van der Waals surface area contributed by atoms with Crippen molar-refractivity contribution in [2.24, 2.45) is 23.2 Å². The molecule has 1 aromatic carbocycles. The second kappa shape index (κ2) is 6.90. The van der Waals surface area contributed by atoms with Gasteiger partial charge in [-0.3, -0.25) is 20.4 Å². The average molecular weight is 352 g/mol. The smallest absolute Gasteiger partial charge is 0.262 e. The largest absolute Gasteiger partial charge is 0.273 e. The van der Waals surface area contributed by atoms with E-state index in [0.717, 1.165) is 28.9 Å². The van der Waals surface area contributed by atoms with Gasteiger partial charge in [-0.25, -0.2) is 0 Å². The molecule has 2 N–H and O–H groups in total. The maximum absolute atomic E-state index is 12.4. The molecule has 26 heavy (non-hydrogen) atoms. The van der Waals surface area contributed by atoms with Crippen molar-refractivity contribution in [3.63, 3.8) is 0 Å². The molecule has 5 rings (SSSR count). The van der Waals surface area contributed by atoms with Crippen LogP contribution in [0.3, 0.4) is 0 Å². The van der Waals surface area contributed by atoms with Crippen LogP contribution < -0.4 is 10.9 Å². The number of aryl methyl sites for hydroxylation is 1. The third kappa shape index (κ3) is 3.84. The monoisotopic (exact) mass is 352 g/mol. The maximum Gasteiger partial charge on any atom is 0.262 e. The van der Waals surface area contributed by atoms with E-state index in [4.69, 9.17) is 0 Å². The summed E-state index contributed by atoms with van der Waals surface area (Å²) in [5, 5.41) is 0. The molecular formula is C22H28N2O2. The van der Waals surface area contributed by atoms with Crippen LogP contribution in [-0.4, -0.2) is 11.8 Å². The number of hydrogen-bond donors (Lipinski definition) is 2. The summed E-state index contributed by atoms with van der Waals surface area (Å²) in [6.07, 6.45) is 11.5. The first-order valence-electron chi connectivity index (χ1n) is 9.83. The minimum Gasteiger partial charge on any atom is -0.273 e. The fourth-order valence-electron chi connectivity index (χ4n) is 6.01. The summed E-state index contributed by atoms with van der Waals surface area (Å²) in [5.74, 6) is 2.15. The average Bonchev–Trinajstić information content (AvgIpc) is 2.56. The van der Waals surface area contributed by atoms with Crippen molar-refractivity contribution in [2.75, 3.05) is 0 Å². The van der Waals surface area contributed by atoms with Crippen LogP contribution in [0.25, 0.3) is 6.08 Å². The van der Waals surface area contributed by atoms with Gasteiger partial charge in [0, 0.05) is 12.5 Å². The van der Waals surface area contributed by atoms with Crippen LogP contribution in [-0.2, 0) is 9.59 Å². The summed E-state index contributed by atoms with van der Waals surface area (Å²) in [5.41, 5.74) is 7.46. The summed E-state index contributed by atoms with van der Waals surface area (Å²) < 4.78 is 0. The van der Waals surface area contributed by atoms with E-state index >= 15 is 0 Å². The zero-order valence-corrected chi connectivity index (χ0v) is 15.5. The van der Waals surface area contributed by atoms with Gasteiger partial charge in [0.05, 0.1) is 0 Å². The number of nitrogens with one attached hydrogen (secondary N) is 2. The predicted molar refractivity (Wildman–Crippen MR) is 102 cm³/mol. The van der Waals surface area contributed by atoms with Crippen LogP contribution in [0.4, 0.5) is 0 Å². The number of rotatable bonds is 4. The molecule has 4 aliphatic carbocycles. The SMILES string of the molecule is Cc1cccc(/C=C/C(=O)NNC(=O)CC23CC4CC(CC(C4)C2)C3)c1. The summed E-state index contributed by atoms with van der Waals surface area (Å²) >= 11 is 0. The molecule has 0 radical (unpaired) electrons. The Labute approximate surface area is 155 Å². The number of hydrazine groups is 1. The zero-order valence-electron chi connectivity index (χ0n) is 15.5. The Morgan fingerprint density at radius 1 is 1.08 bits per heavy atom. The summed E-state index contributed by atoms with van der Waals surface area (Å²) in [4.78, 5) is 24.4. The molecule has 0 atom stereocenters. The highest BCUT2D eigenvalue weighted by atomic mass is 16.2. The third-order valence-corrected chi connectivity index (χ3v) is 6.50. The summed E-state index contributed by atoms with van der Waals surface area (Å²) in [7, 11) is 0. The van der Waals surface area contributed by atoms with E-state index in [0.29, 0.717) is 6.42 Å². The van der Waals surface area contributed by atoms with E-state index in [2.05, 4.69) is 10.9 Å². The lowest BCUT2D eigenvalue weighted by atomic mass is 9.49.